The van der Waals surface area contributed by atoms with Crippen LogP contribution in [0.4, 0.5) is 5.69 Å². The minimum absolute atomic E-state index is 0.190. The van der Waals surface area contributed by atoms with Crippen LogP contribution < -0.4 is 16.2 Å². The van der Waals surface area contributed by atoms with Gasteiger partial charge in [-0.2, -0.15) is 0 Å². The predicted molar refractivity (Wildman–Crippen MR) is 69.1 cm³/mol. The minimum Gasteiger partial charge on any atom is -0.331 e. The molecule has 0 aliphatic carbocycles. The number of carbonyl (C=O) groups is 1. The molecule has 0 aliphatic rings. The Balaban J connectivity index is 2.63. The molecule has 0 saturated carbocycles. The Kier molecular flexibility index (Phi) is 4.25. The molecule has 0 unspecified atom stereocenters. The summed E-state index contributed by atoms with van der Waals surface area (Å²) in [6, 6.07) is 5.92. The lowest BCUT2D eigenvalue weighted by atomic mass is 10.1. The molecule has 0 atom stereocenters. The number of thiocarbonyl (C=S) groups is 1. The van der Waals surface area contributed by atoms with Crippen molar-refractivity contribution in [3.63, 3.8) is 0 Å². The fraction of sp³-hybridized carbons (Fsp3) is 0.273. The summed E-state index contributed by atoms with van der Waals surface area (Å²) in [7, 11) is 0. The van der Waals surface area contributed by atoms with Crippen LogP contribution in [0, 0.1) is 13.8 Å². The zero-order chi connectivity index (χ0) is 12.1. The second kappa shape index (κ2) is 5.46. The van der Waals surface area contributed by atoms with Gasteiger partial charge in [-0.25, -0.2) is 0 Å². The molecular formula is C11H15N3OS. The SMILES string of the molecule is CC(=O)NNC(=S)Nc1cccc(C)c1C. The molecule has 4 nitrogen and oxygen atoms in total. The molecule has 0 bridgehead atoms. The lowest BCUT2D eigenvalue weighted by molar-refractivity contribution is -0.119. The summed E-state index contributed by atoms with van der Waals surface area (Å²) in [6.45, 7) is 5.46. The topological polar surface area (TPSA) is 53.2 Å². The predicted octanol–water partition coefficient (Wildman–Crippen LogP) is 1.64. The van der Waals surface area contributed by atoms with E-state index in [1.165, 1.54) is 12.5 Å². The highest BCUT2D eigenvalue weighted by Crippen LogP contribution is 2.17. The Bertz CT molecular complexity index is 418. The lowest BCUT2D eigenvalue weighted by Gasteiger charge is -2.13. The van der Waals surface area contributed by atoms with Crippen LogP contribution >= 0.6 is 12.2 Å². The quantitative estimate of drug-likeness (QED) is 0.513. The molecule has 0 heterocycles. The van der Waals surface area contributed by atoms with E-state index in [1.807, 2.05) is 32.0 Å². The molecule has 3 N–H and O–H groups in total. The number of rotatable bonds is 1. The average molecular weight is 237 g/mol. The Hall–Kier alpha value is -1.62. The van der Waals surface area contributed by atoms with Gasteiger partial charge in [0.1, 0.15) is 0 Å². The first-order chi connectivity index (χ1) is 7.50. The number of benzene rings is 1. The molecule has 1 aromatic rings. The summed E-state index contributed by atoms with van der Waals surface area (Å²) in [6.07, 6.45) is 0. The van der Waals surface area contributed by atoms with Gasteiger partial charge in [-0.15, -0.1) is 0 Å². The maximum Gasteiger partial charge on any atom is 0.235 e. The van der Waals surface area contributed by atoms with Crippen molar-refractivity contribution in [3.05, 3.63) is 29.3 Å². The monoisotopic (exact) mass is 237 g/mol. The van der Waals surface area contributed by atoms with E-state index < -0.39 is 0 Å². The number of anilines is 1. The van der Waals surface area contributed by atoms with Crippen LogP contribution in [0.5, 0.6) is 0 Å². The molecule has 1 aromatic carbocycles. The molecule has 0 spiro atoms. The maximum atomic E-state index is 10.7. The normalized spacial score (nSPS) is 9.44. The van der Waals surface area contributed by atoms with Crippen LogP contribution in [0.1, 0.15) is 18.1 Å². The van der Waals surface area contributed by atoms with Crippen LogP contribution in [0.25, 0.3) is 0 Å². The molecular weight excluding hydrogens is 222 g/mol. The van der Waals surface area contributed by atoms with Crippen molar-refractivity contribution in [2.75, 3.05) is 5.32 Å². The second-order valence-electron chi connectivity index (χ2n) is 3.51. The van der Waals surface area contributed by atoms with Crippen LogP contribution in [-0.2, 0) is 4.79 Å². The highest BCUT2D eigenvalue weighted by atomic mass is 32.1. The van der Waals surface area contributed by atoms with Gasteiger partial charge in [0.05, 0.1) is 0 Å². The Labute approximate surface area is 100 Å². The van der Waals surface area contributed by atoms with Crippen molar-refractivity contribution in [1.82, 2.24) is 10.9 Å². The zero-order valence-corrected chi connectivity index (χ0v) is 10.4. The highest BCUT2D eigenvalue weighted by Gasteiger charge is 2.02. The summed E-state index contributed by atoms with van der Waals surface area (Å²) in [4.78, 5) is 10.7. The Morgan fingerprint density at radius 3 is 2.56 bits per heavy atom. The highest BCUT2D eigenvalue weighted by molar-refractivity contribution is 7.80. The average Bonchev–Trinajstić information content (AvgIpc) is 2.22. The fourth-order valence-corrected chi connectivity index (χ4v) is 1.35. The summed E-state index contributed by atoms with van der Waals surface area (Å²) in [5, 5.41) is 3.38. The molecule has 0 radical (unpaired) electrons. The van der Waals surface area contributed by atoms with Crippen molar-refractivity contribution in [2.24, 2.45) is 0 Å². The summed E-state index contributed by atoms with van der Waals surface area (Å²) < 4.78 is 0. The molecule has 0 aromatic heterocycles. The first-order valence-corrected chi connectivity index (χ1v) is 5.31. The van der Waals surface area contributed by atoms with Gasteiger partial charge in [-0.05, 0) is 43.3 Å². The van der Waals surface area contributed by atoms with Gasteiger partial charge in [0.15, 0.2) is 5.11 Å². The molecule has 86 valence electrons. The number of amides is 1. The van der Waals surface area contributed by atoms with Gasteiger partial charge >= 0.3 is 0 Å². The minimum atomic E-state index is -0.190. The third-order valence-corrected chi connectivity index (χ3v) is 2.41. The van der Waals surface area contributed by atoms with Gasteiger partial charge in [0, 0.05) is 12.6 Å². The van der Waals surface area contributed by atoms with Crippen molar-refractivity contribution in [3.8, 4) is 0 Å². The fourth-order valence-electron chi connectivity index (χ4n) is 1.18. The summed E-state index contributed by atoms with van der Waals surface area (Å²) in [5.41, 5.74) is 8.26. The molecule has 5 heteroatoms. The van der Waals surface area contributed by atoms with Crippen LogP contribution in [0.15, 0.2) is 18.2 Å². The van der Waals surface area contributed by atoms with Crippen LogP contribution in [0.3, 0.4) is 0 Å². The number of aryl methyl sites for hydroxylation is 1. The van der Waals surface area contributed by atoms with Crippen molar-refractivity contribution in [2.45, 2.75) is 20.8 Å². The van der Waals surface area contributed by atoms with E-state index in [-0.39, 0.29) is 5.91 Å². The third-order valence-electron chi connectivity index (χ3n) is 2.20. The smallest absolute Gasteiger partial charge is 0.235 e. The summed E-state index contributed by atoms with van der Waals surface area (Å²) in [5.74, 6) is -0.190. The van der Waals surface area contributed by atoms with Gasteiger partial charge in [-0.1, -0.05) is 12.1 Å². The number of hydrogen-bond donors (Lipinski definition) is 3. The Morgan fingerprint density at radius 1 is 1.25 bits per heavy atom. The number of hydrogen-bond acceptors (Lipinski definition) is 2. The van der Waals surface area contributed by atoms with E-state index in [0.717, 1.165) is 11.3 Å². The van der Waals surface area contributed by atoms with E-state index >= 15 is 0 Å². The summed E-state index contributed by atoms with van der Waals surface area (Å²) >= 11 is 5.02. The molecule has 0 saturated heterocycles. The third kappa shape index (κ3) is 3.51. The van der Waals surface area contributed by atoms with Gasteiger partial charge < -0.3 is 5.32 Å². The van der Waals surface area contributed by atoms with E-state index in [0.29, 0.717) is 5.11 Å². The van der Waals surface area contributed by atoms with E-state index in [1.54, 1.807) is 0 Å². The molecule has 0 fully saturated rings. The Morgan fingerprint density at radius 2 is 1.94 bits per heavy atom. The molecule has 1 amide bonds. The van der Waals surface area contributed by atoms with E-state index in [2.05, 4.69) is 16.2 Å². The van der Waals surface area contributed by atoms with Gasteiger partial charge in [-0.3, -0.25) is 15.6 Å². The van der Waals surface area contributed by atoms with Crippen molar-refractivity contribution in [1.29, 1.82) is 0 Å². The zero-order valence-electron chi connectivity index (χ0n) is 9.55. The standard InChI is InChI=1S/C11H15N3OS/c1-7-5-4-6-10(8(7)2)12-11(16)14-13-9(3)15/h4-6H,1-3H3,(H,13,15)(H2,12,14,16). The maximum absolute atomic E-state index is 10.7. The van der Waals surface area contributed by atoms with Crippen LogP contribution in [-0.4, -0.2) is 11.0 Å². The molecule has 16 heavy (non-hydrogen) atoms. The lowest BCUT2D eigenvalue weighted by Crippen LogP contribution is -2.42. The van der Waals surface area contributed by atoms with E-state index in [4.69, 9.17) is 12.2 Å². The molecule has 1 rings (SSSR count). The number of carbonyl (C=O) groups excluding carboxylic acids is 1. The van der Waals surface area contributed by atoms with Crippen molar-refractivity contribution < 1.29 is 4.79 Å². The van der Waals surface area contributed by atoms with Crippen LogP contribution in [0.2, 0.25) is 0 Å². The number of hydrazine groups is 1. The van der Waals surface area contributed by atoms with Crippen molar-refractivity contribution >= 4 is 28.9 Å². The van der Waals surface area contributed by atoms with E-state index in [9.17, 15) is 4.79 Å². The van der Waals surface area contributed by atoms with Gasteiger partial charge in [0.2, 0.25) is 5.91 Å². The number of nitrogens with one attached hydrogen (secondary N) is 3. The largest absolute Gasteiger partial charge is 0.331 e. The first kappa shape index (κ1) is 12.4. The second-order valence-corrected chi connectivity index (χ2v) is 3.92. The first-order valence-electron chi connectivity index (χ1n) is 4.90. The van der Waals surface area contributed by atoms with Gasteiger partial charge in [0.25, 0.3) is 0 Å². The molecule has 0 aliphatic heterocycles.